The first-order chi connectivity index (χ1) is 12.5. The number of methoxy groups -OCH3 is 1. The molecule has 5 heteroatoms. The number of para-hydroxylation sites is 1. The maximum absolute atomic E-state index is 12.1. The highest BCUT2D eigenvalue weighted by molar-refractivity contribution is 5.96. The van der Waals surface area contributed by atoms with Crippen molar-refractivity contribution >= 4 is 23.6 Å². The summed E-state index contributed by atoms with van der Waals surface area (Å²) in [6.07, 6.45) is 2.89. The van der Waals surface area contributed by atoms with E-state index >= 15 is 0 Å². The number of ether oxygens (including phenoxy) is 2. The van der Waals surface area contributed by atoms with Gasteiger partial charge in [0.25, 0.3) is 5.91 Å². The van der Waals surface area contributed by atoms with Crippen molar-refractivity contribution in [2.45, 2.75) is 26.4 Å². The number of nitrogens with one attached hydrogen (secondary N) is 1. The van der Waals surface area contributed by atoms with Gasteiger partial charge in [-0.1, -0.05) is 37.3 Å². The third-order valence-corrected chi connectivity index (χ3v) is 3.83. The van der Waals surface area contributed by atoms with Crippen LogP contribution in [0.3, 0.4) is 0 Å². The van der Waals surface area contributed by atoms with Crippen LogP contribution in [0.25, 0.3) is 6.08 Å². The average molecular weight is 353 g/mol. The smallest absolute Gasteiger partial charge is 0.331 e. The molecule has 0 aliphatic heterocycles. The van der Waals surface area contributed by atoms with Gasteiger partial charge < -0.3 is 14.8 Å². The van der Waals surface area contributed by atoms with Crippen LogP contribution in [-0.4, -0.2) is 25.1 Å². The number of aryl methyl sites for hydroxylation is 1. The SMILES string of the molecule is CCc1ccc(NC(=O)C(C)OC(=O)/C=C/c2ccccc2OC)cc1. The second-order valence-corrected chi connectivity index (χ2v) is 5.69. The number of amides is 1. The molecule has 2 aromatic carbocycles. The van der Waals surface area contributed by atoms with Crippen LogP contribution in [0.1, 0.15) is 25.0 Å². The number of carbonyl (C=O) groups excluding carboxylic acids is 2. The van der Waals surface area contributed by atoms with E-state index in [0.29, 0.717) is 11.4 Å². The van der Waals surface area contributed by atoms with E-state index in [1.54, 1.807) is 19.3 Å². The third kappa shape index (κ3) is 5.48. The normalized spacial score (nSPS) is 11.8. The molecule has 26 heavy (non-hydrogen) atoms. The van der Waals surface area contributed by atoms with Gasteiger partial charge in [0.05, 0.1) is 7.11 Å². The van der Waals surface area contributed by atoms with E-state index in [-0.39, 0.29) is 5.91 Å². The van der Waals surface area contributed by atoms with Crippen LogP contribution >= 0.6 is 0 Å². The van der Waals surface area contributed by atoms with Crippen LogP contribution < -0.4 is 10.1 Å². The van der Waals surface area contributed by atoms with Crippen molar-refractivity contribution in [2.24, 2.45) is 0 Å². The van der Waals surface area contributed by atoms with Gasteiger partial charge >= 0.3 is 5.97 Å². The van der Waals surface area contributed by atoms with Gasteiger partial charge in [-0.15, -0.1) is 0 Å². The molecule has 5 nitrogen and oxygen atoms in total. The first-order valence-electron chi connectivity index (χ1n) is 8.45. The van der Waals surface area contributed by atoms with Gasteiger partial charge in [0.2, 0.25) is 0 Å². The molecule has 1 amide bonds. The van der Waals surface area contributed by atoms with Crippen LogP contribution in [-0.2, 0) is 20.7 Å². The standard InChI is InChI=1S/C21H23NO4/c1-4-16-9-12-18(13-10-16)22-21(24)15(2)26-20(23)14-11-17-7-5-6-8-19(17)25-3/h5-15H,4H2,1-3H3,(H,22,24)/b14-11+. The second-order valence-electron chi connectivity index (χ2n) is 5.69. The van der Waals surface area contributed by atoms with Crippen LogP contribution in [0.2, 0.25) is 0 Å². The zero-order chi connectivity index (χ0) is 18.9. The fourth-order valence-corrected chi connectivity index (χ4v) is 2.30. The first kappa shape index (κ1) is 19.2. The number of hydrogen-bond acceptors (Lipinski definition) is 4. The number of carbonyl (C=O) groups is 2. The molecule has 0 bridgehead atoms. The van der Waals surface area contributed by atoms with E-state index in [4.69, 9.17) is 9.47 Å². The van der Waals surface area contributed by atoms with E-state index in [9.17, 15) is 9.59 Å². The van der Waals surface area contributed by atoms with Gasteiger partial charge in [-0.3, -0.25) is 4.79 Å². The highest BCUT2D eigenvalue weighted by Crippen LogP contribution is 2.18. The fourth-order valence-electron chi connectivity index (χ4n) is 2.30. The van der Waals surface area contributed by atoms with Gasteiger partial charge in [0.15, 0.2) is 6.10 Å². The number of esters is 1. The van der Waals surface area contributed by atoms with Gasteiger partial charge in [-0.2, -0.15) is 0 Å². The molecule has 1 N–H and O–H groups in total. The minimum atomic E-state index is -0.907. The topological polar surface area (TPSA) is 64.6 Å². The number of benzene rings is 2. The molecule has 2 aromatic rings. The van der Waals surface area contributed by atoms with Gasteiger partial charge in [-0.05, 0) is 43.2 Å². The Morgan fingerprint density at radius 1 is 1.12 bits per heavy atom. The molecule has 0 radical (unpaired) electrons. The molecule has 0 heterocycles. The molecule has 0 aliphatic rings. The predicted molar refractivity (Wildman–Crippen MR) is 102 cm³/mol. The van der Waals surface area contributed by atoms with E-state index in [0.717, 1.165) is 12.0 Å². The summed E-state index contributed by atoms with van der Waals surface area (Å²) in [7, 11) is 1.56. The molecule has 1 unspecified atom stereocenters. The Balaban J connectivity index is 1.90. The minimum absolute atomic E-state index is 0.381. The van der Waals surface area contributed by atoms with Crippen molar-refractivity contribution in [1.82, 2.24) is 0 Å². The van der Waals surface area contributed by atoms with E-state index in [2.05, 4.69) is 12.2 Å². The quantitative estimate of drug-likeness (QED) is 0.607. The third-order valence-electron chi connectivity index (χ3n) is 3.83. The molecule has 136 valence electrons. The summed E-state index contributed by atoms with van der Waals surface area (Å²) >= 11 is 0. The summed E-state index contributed by atoms with van der Waals surface area (Å²) < 4.78 is 10.4. The lowest BCUT2D eigenvalue weighted by atomic mass is 10.1. The van der Waals surface area contributed by atoms with Crippen LogP contribution in [0.5, 0.6) is 5.75 Å². The lowest BCUT2D eigenvalue weighted by Gasteiger charge is -2.12. The highest BCUT2D eigenvalue weighted by atomic mass is 16.5. The van der Waals surface area contributed by atoms with Crippen molar-refractivity contribution in [1.29, 1.82) is 0 Å². The van der Waals surface area contributed by atoms with Crippen LogP contribution in [0.4, 0.5) is 5.69 Å². The number of anilines is 1. The van der Waals surface area contributed by atoms with Gasteiger partial charge in [-0.25, -0.2) is 4.79 Å². The summed E-state index contributed by atoms with van der Waals surface area (Å²) in [5, 5.41) is 2.73. The molecular weight excluding hydrogens is 330 g/mol. The Labute approximate surface area is 153 Å². The molecule has 0 aliphatic carbocycles. The number of hydrogen-bond donors (Lipinski definition) is 1. The van der Waals surface area contributed by atoms with Gasteiger partial charge in [0.1, 0.15) is 5.75 Å². The molecule has 2 rings (SSSR count). The maximum Gasteiger partial charge on any atom is 0.331 e. The molecular formula is C21H23NO4. The molecule has 0 spiro atoms. The van der Waals surface area contributed by atoms with E-state index in [1.165, 1.54) is 18.6 Å². The monoisotopic (exact) mass is 353 g/mol. The maximum atomic E-state index is 12.1. The summed E-state index contributed by atoms with van der Waals surface area (Å²) in [5.74, 6) is -0.328. The average Bonchev–Trinajstić information content (AvgIpc) is 2.67. The second kappa shape index (κ2) is 9.42. The van der Waals surface area contributed by atoms with E-state index in [1.807, 2.05) is 42.5 Å². The minimum Gasteiger partial charge on any atom is -0.496 e. The lowest BCUT2D eigenvalue weighted by molar-refractivity contribution is -0.148. The molecule has 0 saturated heterocycles. The Morgan fingerprint density at radius 3 is 2.46 bits per heavy atom. The predicted octanol–water partition coefficient (Wildman–Crippen LogP) is 3.84. The molecule has 0 fully saturated rings. The van der Waals surface area contributed by atoms with E-state index < -0.39 is 12.1 Å². The Bertz CT molecular complexity index is 781. The van der Waals surface area contributed by atoms with Crippen molar-refractivity contribution < 1.29 is 19.1 Å². The lowest BCUT2D eigenvalue weighted by Crippen LogP contribution is -2.29. The highest BCUT2D eigenvalue weighted by Gasteiger charge is 2.16. The Morgan fingerprint density at radius 2 is 1.81 bits per heavy atom. The van der Waals surface area contributed by atoms with Crippen LogP contribution in [0, 0.1) is 0 Å². The first-order valence-corrected chi connectivity index (χ1v) is 8.45. The zero-order valence-corrected chi connectivity index (χ0v) is 15.2. The fraction of sp³-hybridized carbons (Fsp3) is 0.238. The summed E-state index contributed by atoms with van der Waals surface area (Å²) in [5.41, 5.74) is 2.60. The Hall–Kier alpha value is -3.08. The molecule has 0 aromatic heterocycles. The number of rotatable bonds is 7. The summed E-state index contributed by atoms with van der Waals surface area (Å²) in [6, 6.07) is 14.8. The summed E-state index contributed by atoms with van der Waals surface area (Å²) in [6.45, 7) is 3.60. The van der Waals surface area contributed by atoms with Gasteiger partial charge in [0, 0.05) is 17.3 Å². The molecule has 0 saturated carbocycles. The van der Waals surface area contributed by atoms with Crippen molar-refractivity contribution in [3.8, 4) is 5.75 Å². The molecule has 1 atom stereocenters. The van der Waals surface area contributed by atoms with Crippen molar-refractivity contribution in [2.75, 3.05) is 12.4 Å². The Kier molecular flexibility index (Phi) is 6.97. The van der Waals surface area contributed by atoms with Crippen molar-refractivity contribution in [3.05, 3.63) is 65.7 Å². The van der Waals surface area contributed by atoms with Crippen LogP contribution in [0.15, 0.2) is 54.6 Å². The zero-order valence-electron chi connectivity index (χ0n) is 15.2. The summed E-state index contributed by atoms with van der Waals surface area (Å²) in [4.78, 5) is 24.1. The van der Waals surface area contributed by atoms with Crippen molar-refractivity contribution in [3.63, 3.8) is 0 Å². The largest absolute Gasteiger partial charge is 0.496 e.